The Kier molecular flexibility index (Phi) is 4.76. The van der Waals surface area contributed by atoms with E-state index in [4.69, 9.17) is 5.26 Å². The zero-order valence-electron chi connectivity index (χ0n) is 13.2. The zero-order chi connectivity index (χ0) is 17.8. The van der Waals surface area contributed by atoms with Crippen molar-refractivity contribution in [2.24, 2.45) is 0 Å². The second kappa shape index (κ2) is 7.14. The van der Waals surface area contributed by atoms with Crippen molar-refractivity contribution in [1.82, 2.24) is 5.06 Å². The van der Waals surface area contributed by atoms with Crippen molar-refractivity contribution in [2.45, 2.75) is 19.3 Å². The summed E-state index contributed by atoms with van der Waals surface area (Å²) in [5.41, 5.74) is 5.75. The second-order valence-corrected chi connectivity index (χ2v) is 5.51. The molecule has 4 rings (SSSR count). The molecule has 1 saturated heterocycles. The number of carbonyl (C=O) groups excluding carboxylic acids is 3. The molecule has 25 heavy (non-hydrogen) atoms. The van der Waals surface area contributed by atoms with E-state index in [1.807, 2.05) is 0 Å². The molecule has 1 heterocycles. The van der Waals surface area contributed by atoms with Gasteiger partial charge in [0.1, 0.15) is 0 Å². The molecule has 2 aromatic carbocycles. The first-order valence-electron chi connectivity index (χ1n) is 7.65. The summed E-state index contributed by atoms with van der Waals surface area (Å²) in [6.07, 6.45) is -0.417. The minimum Gasteiger partial charge on any atom is -0.293 e. The zero-order valence-corrected chi connectivity index (χ0v) is 13.2. The number of hydroxylamine groups is 2. The summed E-state index contributed by atoms with van der Waals surface area (Å²) in [4.78, 5) is 38.8. The minimum atomic E-state index is -1.52. The van der Waals surface area contributed by atoms with Gasteiger partial charge in [-0.1, -0.05) is 53.6 Å². The standard InChI is InChI=1S/C13H10.C5H5NO6/c1-3-7-12-10(5-1)9-11-6-2-4-8-13(11)12;7-3-1-2-4(8)6(3)11-5(9)12-10/h1-8H,9H2;10H,1-2H2. The van der Waals surface area contributed by atoms with Crippen LogP contribution in [0, 0.1) is 0 Å². The molecule has 1 fully saturated rings. The molecule has 7 nitrogen and oxygen atoms in total. The number of fused-ring (bicyclic) bond motifs is 3. The maximum Gasteiger partial charge on any atom is 0.566 e. The molecule has 0 atom stereocenters. The van der Waals surface area contributed by atoms with Crippen LogP contribution in [0.3, 0.4) is 0 Å². The number of nitrogens with zero attached hydrogens (tertiary/aromatic N) is 1. The average Bonchev–Trinajstić information content (AvgIpc) is 3.17. The van der Waals surface area contributed by atoms with Crippen molar-refractivity contribution < 1.29 is 29.4 Å². The van der Waals surface area contributed by atoms with Crippen LogP contribution < -0.4 is 0 Å². The number of hydrogen-bond acceptors (Lipinski definition) is 6. The van der Waals surface area contributed by atoms with Gasteiger partial charge in [0, 0.05) is 12.8 Å². The number of amides is 2. The van der Waals surface area contributed by atoms with E-state index < -0.39 is 18.0 Å². The first-order valence-corrected chi connectivity index (χ1v) is 7.65. The first kappa shape index (κ1) is 16.7. The predicted octanol–water partition coefficient (Wildman–Crippen LogP) is 2.93. The average molecular weight is 341 g/mol. The fourth-order valence-electron chi connectivity index (χ4n) is 2.83. The summed E-state index contributed by atoms with van der Waals surface area (Å²) in [7, 11) is 0. The van der Waals surface area contributed by atoms with Crippen molar-refractivity contribution in [3.05, 3.63) is 59.7 Å². The molecular weight excluding hydrogens is 326 g/mol. The lowest BCUT2D eigenvalue weighted by atomic mass is 10.1. The van der Waals surface area contributed by atoms with Gasteiger partial charge < -0.3 is 0 Å². The van der Waals surface area contributed by atoms with Crippen molar-refractivity contribution in [3.8, 4) is 11.1 Å². The summed E-state index contributed by atoms with van der Waals surface area (Å²) in [5, 5.41) is 8.01. The molecule has 128 valence electrons. The van der Waals surface area contributed by atoms with Gasteiger partial charge in [0.05, 0.1) is 0 Å². The van der Waals surface area contributed by atoms with Crippen LogP contribution in [0.1, 0.15) is 24.0 Å². The Bertz CT molecular complexity index is 772. The minimum absolute atomic E-state index is 0.00244. The molecule has 0 aromatic heterocycles. The molecule has 1 aliphatic heterocycles. The predicted molar refractivity (Wildman–Crippen MR) is 86.0 cm³/mol. The molecule has 0 saturated carbocycles. The van der Waals surface area contributed by atoms with E-state index in [-0.39, 0.29) is 17.9 Å². The monoisotopic (exact) mass is 341 g/mol. The molecule has 0 unspecified atom stereocenters. The molecule has 1 aliphatic carbocycles. The third-order valence-electron chi connectivity index (χ3n) is 3.95. The van der Waals surface area contributed by atoms with Crippen LogP contribution in [0.4, 0.5) is 4.79 Å². The number of rotatable bonds is 1. The molecule has 2 aliphatic rings. The van der Waals surface area contributed by atoms with Gasteiger partial charge in [0.2, 0.25) is 0 Å². The molecule has 2 amide bonds. The van der Waals surface area contributed by atoms with Gasteiger partial charge in [-0.2, -0.15) is 10.1 Å². The Hall–Kier alpha value is -3.19. The van der Waals surface area contributed by atoms with Crippen molar-refractivity contribution in [2.75, 3.05) is 0 Å². The maximum atomic E-state index is 10.7. The Labute approximate surface area is 143 Å². The van der Waals surface area contributed by atoms with Crippen LogP contribution in [0.15, 0.2) is 48.5 Å². The summed E-state index contributed by atoms with van der Waals surface area (Å²) < 4.78 is 0. The Morgan fingerprint density at radius 1 is 0.880 bits per heavy atom. The molecule has 0 radical (unpaired) electrons. The van der Waals surface area contributed by atoms with Gasteiger partial charge in [-0.05, 0) is 28.7 Å². The van der Waals surface area contributed by atoms with Crippen molar-refractivity contribution in [3.63, 3.8) is 0 Å². The lowest BCUT2D eigenvalue weighted by molar-refractivity contribution is -0.231. The Morgan fingerprint density at radius 2 is 1.36 bits per heavy atom. The van der Waals surface area contributed by atoms with Crippen LogP contribution in [-0.2, 0) is 25.7 Å². The summed E-state index contributed by atoms with van der Waals surface area (Å²) in [5.74, 6) is -1.27. The van der Waals surface area contributed by atoms with Crippen LogP contribution in [0.25, 0.3) is 11.1 Å². The largest absolute Gasteiger partial charge is 0.566 e. The summed E-state index contributed by atoms with van der Waals surface area (Å²) in [6.45, 7) is 0. The van der Waals surface area contributed by atoms with Gasteiger partial charge in [-0.3, -0.25) is 19.3 Å². The second-order valence-electron chi connectivity index (χ2n) is 5.51. The van der Waals surface area contributed by atoms with E-state index in [0.717, 1.165) is 6.42 Å². The van der Waals surface area contributed by atoms with E-state index >= 15 is 0 Å². The van der Waals surface area contributed by atoms with Crippen LogP contribution in [0.5, 0.6) is 0 Å². The molecular formula is C18H15NO6. The molecule has 0 spiro atoms. The van der Waals surface area contributed by atoms with Crippen LogP contribution in [-0.4, -0.2) is 28.3 Å². The van der Waals surface area contributed by atoms with E-state index in [2.05, 4.69) is 58.3 Å². The van der Waals surface area contributed by atoms with Gasteiger partial charge in [0.15, 0.2) is 0 Å². The quantitative estimate of drug-likeness (QED) is 0.415. The lowest BCUT2D eigenvalue weighted by Crippen LogP contribution is -2.31. The highest BCUT2D eigenvalue weighted by Crippen LogP contribution is 2.35. The lowest BCUT2D eigenvalue weighted by Gasteiger charge is -2.09. The fraction of sp³-hybridized carbons (Fsp3) is 0.167. The van der Waals surface area contributed by atoms with Gasteiger partial charge >= 0.3 is 6.16 Å². The topological polar surface area (TPSA) is 93.1 Å². The summed E-state index contributed by atoms with van der Waals surface area (Å²) in [6, 6.07) is 17.3. The Morgan fingerprint density at radius 3 is 1.84 bits per heavy atom. The number of carbonyl (C=O) groups is 3. The van der Waals surface area contributed by atoms with E-state index in [9.17, 15) is 14.4 Å². The number of hydrogen-bond donors (Lipinski definition) is 1. The highest BCUT2D eigenvalue weighted by Gasteiger charge is 2.33. The molecule has 2 aromatic rings. The third kappa shape index (κ3) is 3.51. The molecule has 7 heteroatoms. The molecule has 0 bridgehead atoms. The van der Waals surface area contributed by atoms with E-state index in [1.165, 1.54) is 22.3 Å². The Balaban J connectivity index is 0.000000147. The fourth-order valence-corrected chi connectivity index (χ4v) is 2.83. The van der Waals surface area contributed by atoms with Crippen molar-refractivity contribution >= 4 is 18.0 Å². The normalized spacial score (nSPS) is 14.4. The maximum absolute atomic E-state index is 10.7. The van der Waals surface area contributed by atoms with E-state index in [1.54, 1.807) is 0 Å². The number of imide groups is 1. The summed E-state index contributed by atoms with van der Waals surface area (Å²) >= 11 is 0. The third-order valence-corrected chi connectivity index (χ3v) is 3.95. The highest BCUT2D eigenvalue weighted by atomic mass is 17.2. The smallest absolute Gasteiger partial charge is 0.293 e. The molecule has 1 N–H and O–H groups in total. The van der Waals surface area contributed by atoms with Gasteiger partial charge in [-0.25, -0.2) is 0 Å². The van der Waals surface area contributed by atoms with E-state index in [0.29, 0.717) is 0 Å². The van der Waals surface area contributed by atoms with Crippen LogP contribution in [0.2, 0.25) is 0 Å². The van der Waals surface area contributed by atoms with Crippen molar-refractivity contribution in [1.29, 1.82) is 0 Å². The van der Waals surface area contributed by atoms with Gasteiger partial charge in [-0.15, -0.1) is 0 Å². The SMILES string of the molecule is O=C(OO)ON1C(=O)CCC1=O.c1ccc2c(c1)Cc1ccccc1-2. The highest BCUT2D eigenvalue weighted by molar-refractivity contribution is 6.01. The van der Waals surface area contributed by atoms with Crippen LogP contribution >= 0.6 is 0 Å². The van der Waals surface area contributed by atoms with Gasteiger partial charge in [0.25, 0.3) is 11.8 Å². The first-order chi connectivity index (χ1) is 12.1. The number of benzene rings is 2.